The zero-order valence-electron chi connectivity index (χ0n) is 14.4. The highest BCUT2D eigenvalue weighted by atomic mass is 35.5. The number of hydrogen-bond donors (Lipinski definition) is 0. The minimum atomic E-state index is 0.123. The minimum absolute atomic E-state index is 0.123. The van der Waals surface area contributed by atoms with Gasteiger partial charge < -0.3 is 4.90 Å². The summed E-state index contributed by atoms with van der Waals surface area (Å²) >= 11 is 6.26. The number of halogens is 1. The third kappa shape index (κ3) is 3.48. The van der Waals surface area contributed by atoms with Crippen molar-refractivity contribution in [1.29, 1.82) is 0 Å². The lowest BCUT2D eigenvalue weighted by Crippen LogP contribution is -2.32. The van der Waals surface area contributed by atoms with Crippen LogP contribution in [0.15, 0.2) is 24.3 Å². The lowest BCUT2D eigenvalue weighted by atomic mass is 10.1. The Morgan fingerprint density at radius 3 is 2.46 bits per heavy atom. The number of carbonyl (C=O) groups excluding carboxylic acids is 1. The number of nitrogens with zero attached hydrogens (tertiary/aromatic N) is 3. The lowest BCUT2D eigenvalue weighted by Gasteiger charge is -2.20. The van der Waals surface area contributed by atoms with Gasteiger partial charge in [-0.3, -0.25) is 9.48 Å². The molecule has 1 aromatic carbocycles. The predicted molar refractivity (Wildman–Crippen MR) is 96.6 cm³/mol. The SMILES string of the molecule is Cc1nn(Cc2ccccc2Cl)c(C)c1C(=O)N1CCCCCC1. The number of likely N-dealkylation sites (tertiary alicyclic amines) is 1. The van der Waals surface area contributed by atoms with Crippen molar-refractivity contribution in [3.05, 3.63) is 51.8 Å². The Kier molecular flexibility index (Phi) is 5.24. The van der Waals surface area contributed by atoms with E-state index < -0.39 is 0 Å². The van der Waals surface area contributed by atoms with E-state index in [4.69, 9.17) is 11.6 Å². The van der Waals surface area contributed by atoms with E-state index in [1.807, 2.05) is 47.7 Å². The predicted octanol–water partition coefficient (Wildman–Crippen LogP) is 4.22. The fourth-order valence-electron chi connectivity index (χ4n) is 3.38. The van der Waals surface area contributed by atoms with Crippen molar-refractivity contribution in [2.24, 2.45) is 0 Å². The maximum Gasteiger partial charge on any atom is 0.257 e. The highest BCUT2D eigenvalue weighted by Crippen LogP contribution is 2.21. The van der Waals surface area contributed by atoms with Crippen molar-refractivity contribution >= 4 is 17.5 Å². The number of aromatic nitrogens is 2. The molecular weight excluding hydrogens is 322 g/mol. The second-order valence-corrected chi connectivity index (χ2v) is 6.91. The van der Waals surface area contributed by atoms with E-state index in [-0.39, 0.29) is 5.91 Å². The van der Waals surface area contributed by atoms with Crippen LogP contribution >= 0.6 is 11.6 Å². The molecule has 3 rings (SSSR count). The Hall–Kier alpha value is -1.81. The topological polar surface area (TPSA) is 38.1 Å². The number of benzene rings is 1. The quantitative estimate of drug-likeness (QED) is 0.835. The standard InChI is InChI=1S/C19H24ClN3O/c1-14-18(19(24)22-11-7-3-4-8-12-22)15(2)23(21-14)13-16-9-5-6-10-17(16)20/h5-6,9-10H,3-4,7-8,11-13H2,1-2H3. The number of hydrogen-bond acceptors (Lipinski definition) is 2. The van der Waals surface area contributed by atoms with Crippen LogP contribution in [-0.4, -0.2) is 33.7 Å². The molecule has 5 heteroatoms. The lowest BCUT2D eigenvalue weighted by molar-refractivity contribution is 0.0760. The average molecular weight is 346 g/mol. The Bertz CT molecular complexity index is 730. The van der Waals surface area contributed by atoms with Crippen molar-refractivity contribution in [3.8, 4) is 0 Å². The van der Waals surface area contributed by atoms with Crippen LogP contribution in [0.4, 0.5) is 0 Å². The van der Waals surface area contributed by atoms with E-state index in [0.717, 1.165) is 53.5 Å². The first-order valence-corrected chi connectivity index (χ1v) is 9.02. The van der Waals surface area contributed by atoms with Crippen molar-refractivity contribution in [2.75, 3.05) is 13.1 Å². The van der Waals surface area contributed by atoms with Gasteiger partial charge in [-0.15, -0.1) is 0 Å². The third-order valence-electron chi connectivity index (χ3n) is 4.77. The fourth-order valence-corrected chi connectivity index (χ4v) is 3.58. The van der Waals surface area contributed by atoms with E-state index in [2.05, 4.69) is 5.10 Å². The van der Waals surface area contributed by atoms with Gasteiger partial charge in [0.2, 0.25) is 0 Å². The zero-order valence-corrected chi connectivity index (χ0v) is 15.1. The Balaban J connectivity index is 1.86. The van der Waals surface area contributed by atoms with Crippen LogP contribution in [0, 0.1) is 13.8 Å². The van der Waals surface area contributed by atoms with Crippen LogP contribution in [0.2, 0.25) is 5.02 Å². The van der Waals surface area contributed by atoms with Crippen LogP contribution in [0.25, 0.3) is 0 Å². The summed E-state index contributed by atoms with van der Waals surface area (Å²) in [6, 6.07) is 7.76. The first kappa shape index (κ1) is 17.0. The van der Waals surface area contributed by atoms with Crippen LogP contribution in [0.5, 0.6) is 0 Å². The summed E-state index contributed by atoms with van der Waals surface area (Å²) in [5.74, 6) is 0.123. The molecule has 2 aromatic rings. The molecule has 1 fully saturated rings. The van der Waals surface area contributed by atoms with Gasteiger partial charge in [0, 0.05) is 23.8 Å². The summed E-state index contributed by atoms with van der Waals surface area (Å²) in [6.07, 6.45) is 4.62. The molecule has 1 amide bonds. The van der Waals surface area contributed by atoms with Crippen LogP contribution in [0.1, 0.15) is 53.0 Å². The number of amides is 1. The van der Waals surface area contributed by atoms with Gasteiger partial charge in [0.15, 0.2) is 0 Å². The fraction of sp³-hybridized carbons (Fsp3) is 0.474. The number of carbonyl (C=O) groups is 1. The zero-order chi connectivity index (χ0) is 17.1. The summed E-state index contributed by atoms with van der Waals surface area (Å²) in [7, 11) is 0. The van der Waals surface area contributed by atoms with E-state index in [9.17, 15) is 4.79 Å². The van der Waals surface area contributed by atoms with Gasteiger partial charge in [0.1, 0.15) is 0 Å². The largest absolute Gasteiger partial charge is 0.339 e. The van der Waals surface area contributed by atoms with Gasteiger partial charge in [-0.25, -0.2) is 0 Å². The molecule has 1 aromatic heterocycles. The van der Waals surface area contributed by atoms with Gasteiger partial charge in [-0.05, 0) is 38.3 Å². The van der Waals surface area contributed by atoms with E-state index in [1.54, 1.807) is 0 Å². The molecule has 128 valence electrons. The van der Waals surface area contributed by atoms with Crippen molar-refractivity contribution < 1.29 is 4.79 Å². The molecule has 0 bridgehead atoms. The van der Waals surface area contributed by atoms with Gasteiger partial charge in [0.05, 0.1) is 17.8 Å². The number of aryl methyl sites for hydroxylation is 1. The molecule has 0 unspecified atom stereocenters. The second kappa shape index (κ2) is 7.39. The van der Waals surface area contributed by atoms with Crippen molar-refractivity contribution in [3.63, 3.8) is 0 Å². The molecule has 0 saturated carbocycles. The van der Waals surface area contributed by atoms with Gasteiger partial charge in [-0.1, -0.05) is 42.6 Å². The summed E-state index contributed by atoms with van der Waals surface area (Å²) in [6.45, 7) is 6.18. The normalized spacial score (nSPS) is 15.4. The van der Waals surface area contributed by atoms with Crippen LogP contribution in [0.3, 0.4) is 0 Å². The molecule has 2 heterocycles. The summed E-state index contributed by atoms with van der Waals surface area (Å²) < 4.78 is 1.89. The Labute approximate surface area is 148 Å². The van der Waals surface area contributed by atoms with Gasteiger partial charge in [0.25, 0.3) is 5.91 Å². The van der Waals surface area contributed by atoms with E-state index in [0.29, 0.717) is 6.54 Å². The summed E-state index contributed by atoms with van der Waals surface area (Å²) in [5, 5.41) is 5.32. The molecule has 0 N–H and O–H groups in total. The van der Waals surface area contributed by atoms with Crippen molar-refractivity contribution in [1.82, 2.24) is 14.7 Å². The molecule has 0 atom stereocenters. The average Bonchev–Trinajstić information content (AvgIpc) is 2.75. The molecule has 1 aliphatic heterocycles. The van der Waals surface area contributed by atoms with E-state index >= 15 is 0 Å². The van der Waals surface area contributed by atoms with E-state index in [1.165, 1.54) is 12.8 Å². The first-order chi connectivity index (χ1) is 11.6. The molecule has 4 nitrogen and oxygen atoms in total. The smallest absolute Gasteiger partial charge is 0.257 e. The maximum atomic E-state index is 13.0. The Morgan fingerprint density at radius 2 is 1.79 bits per heavy atom. The maximum absolute atomic E-state index is 13.0. The summed E-state index contributed by atoms with van der Waals surface area (Å²) in [4.78, 5) is 15.0. The highest BCUT2D eigenvalue weighted by Gasteiger charge is 2.24. The molecular formula is C19H24ClN3O. The molecule has 0 spiro atoms. The minimum Gasteiger partial charge on any atom is -0.339 e. The molecule has 0 radical (unpaired) electrons. The van der Waals surface area contributed by atoms with Crippen LogP contribution in [-0.2, 0) is 6.54 Å². The third-order valence-corrected chi connectivity index (χ3v) is 5.14. The Morgan fingerprint density at radius 1 is 1.12 bits per heavy atom. The van der Waals surface area contributed by atoms with Crippen LogP contribution < -0.4 is 0 Å². The first-order valence-electron chi connectivity index (χ1n) is 8.64. The second-order valence-electron chi connectivity index (χ2n) is 6.50. The number of rotatable bonds is 3. The molecule has 1 aliphatic rings. The highest BCUT2D eigenvalue weighted by molar-refractivity contribution is 6.31. The van der Waals surface area contributed by atoms with Gasteiger partial charge >= 0.3 is 0 Å². The monoisotopic (exact) mass is 345 g/mol. The van der Waals surface area contributed by atoms with Crippen molar-refractivity contribution in [2.45, 2.75) is 46.1 Å². The molecule has 24 heavy (non-hydrogen) atoms. The summed E-state index contributed by atoms with van der Waals surface area (Å²) in [5.41, 5.74) is 3.48. The molecule has 0 aliphatic carbocycles. The van der Waals surface area contributed by atoms with Gasteiger partial charge in [-0.2, -0.15) is 5.10 Å². The molecule has 1 saturated heterocycles.